The first-order valence-electron chi connectivity index (χ1n) is 7.50. The van der Waals surface area contributed by atoms with E-state index in [-0.39, 0.29) is 17.9 Å². The minimum atomic E-state index is 0.0214. The first-order valence-corrected chi connectivity index (χ1v) is 8.49. The summed E-state index contributed by atoms with van der Waals surface area (Å²) in [5, 5.41) is 0. The van der Waals surface area contributed by atoms with Crippen molar-refractivity contribution in [2.24, 2.45) is 5.73 Å². The number of rotatable bonds is 4. The number of hydrogen-bond acceptors (Lipinski definition) is 3. The van der Waals surface area contributed by atoms with Gasteiger partial charge in [-0.25, -0.2) is 0 Å². The van der Waals surface area contributed by atoms with Crippen molar-refractivity contribution < 1.29 is 4.79 Å². The van der Waals surface area contributed by atoms with Crippen LogP contribution in [0.2, 0.25) is 0 Å². The predicted octanol–water partition coefficient (Wildman–Crippen LogP) is 2.73. The third-order valence-corrected chi connectivity index (χ3v) is 5.05. The minimum absolute atomic E-state index is 0.0214. The Labute approximate surface area is 135 Å². The molecule has 1 aliphatic rings. The Morgan fingerprint density at radius 3 is 2.36 bits per heavy atom. The lowest BCUT2D eigenvalue weighted by Crippen LogP contribution is -2.33. The summed E-state index contributed by atoms with van der Waals surface area (Å²) in [6.45, 7) is 1.37. The molecule has 2 aromatic carbocycles. The summed E-state index contributed by atoms with van der Waals surface area (Å²) in [4.78, 5) is 15.4. The van der Waals surface area contributed by atoms with Crippen LogP contribution in [0.1, 0.15) is 11.5 Å². The molecule has 2 atom stereocenters. The SMILES string of the molecule is N[C@H]1CN(C(=O)CSc2ccccc2)C[C@@H]1c1ccccc1. The monoisotopic (exact) mass is 312 g/mol. The van der Waals surface area contributed by atoms with Crippen molar-refractivity contribution in [2.75, 3.05) is 18.8 Å². The van der Waals surface area contributed by atoms with Crippen LogP contribution in [-0.4, -0.2) is 35.7 Å². The molecule has 1 heterocycles. The number of benzene rings is 2. The van der Waals surface area contributed by atoms with E-state index in [4.69, 9.17) is 5.73 Å². The van der Waals surface area contributed by atoms with Crippen LogP contribution >= 0.6 is 11.8 Å². The Morgan fingerprint density at radius 2 is 1.68 bits per heavy atom. The topological polar surface area (TPSA) is 46.3 Å². The Morgan fingerprint density at radius 1 is 1.05 bits per heavy atom. The summed E-state index contributed by atoms with van der Waals surface area (Å²) in [5.74, 6) is 0.882. The summed E-state index contributed by atoms with van der Waals surface area (Å²) in [6, 6.07) is 20.3. The number of thioether (sulfide) groups is 1. The van der Waals surface area contributed by atoms with Gasteiger partial charge in [0.15, 0.2) is 0 Å². The maximum absolute atomic E-state index is 12.4. The van der Waals surface area contributed by atoms with Gasteiger partial charge in [0.25, 0.3) is 0 Å². The van der Waals surface area contributed by atoms with Gasteiger partial charge < -0.3 is 10.6 Å². The van der Waals surface area contributed by atoms with Crippen LogP contribution in [0.5, 0.6) is 0 Å². The van der Waals surface area contributed by atoms with Crippen LogP contribution in [0.3, 0.4) is 0 Å². The summed E-state index contributed by atoms with van der Waals surface area (Å²) in [6.07, 6.45) is 0. The number of likely N-dealkylation sites (tertiary alicyclic amines) is 1. The zero-order valence-corrected chi connectivity index (χ0v) is 13.2. The number of nitrogens with zero attached hydrogens (tertiary/aromatic N) is 1. The summed E-state index contributed by atoms with van der Waals surface area (Å²) < 4.78 is 0. The Bertz CT molecular complexity index is 617. The predicted molar refractivity (Wildman–Crippen MR) is 90.9 cm³/mol. The molecule has 0 aliphatic carbocycles. The largest absolute Gasteiger partial charge is 0.340 e. The maximum atomic E-state index is 12.4. The molecule has 114 valence electrons. The number of nitrogens with two attached hydrogens (primary N) is 1. The Balaban J connectivity index is 1.58. The van der Waals surface area contributed by atoms with E-state index in [1.54, 1.807) is 11.8 Å². The smallest absolute Gasteiger partial charge is 0.233 e. The van der Waals surface area contributed by atoms with Crippen molar-refractivity contribution in [2.45, 2.75) is 16.9 Å². The molecule has 0 aromatic heterocycles. The van der Waals surface area contributed by atoms with Crippen LogP contribution in [0.4, 0.5) is 0 Å². The molecule has 4 heteroatoms. The number of amides is 1. The second-order valence-electron chi connectivity index (χ2n) is 5.58. The van der Waals surface area contributed by atoms with Gasteiger partial charge >= 0.3 is 0 Å². The summed E-state index contributed by atoms with van der Waals surface area (Å²) in [5.41, 5.74) is 7.47. The first kappa shape index (κ1) is 15.1. The molecule has 22 heavy (non-hydrogen) atoms. The van der Waals surface area contributed by atoms with Crippen molar-refractivity contribution in [3.8, 4) is 0 Å². The molecule has 3 nitrogen and oxygen atoms in total. The van der Waals surface area contributed by atoms with Crippen molar-refractivity contribution >= 4 is 17.7 Å². The van der Waals surface area contributed by atoms with Crippen molar-refractivity contribution in [3.63, 3.8) is 0 Å². The molecule has 0 bridgehead atoms. The average molecular weight is 312 g/mol. The molecule has 1 aliphatic heterocycles. The molecular weight excluding hydrogens is 292 g/mol. The fourth-order valence-corrected chi connectivity index (χ4v) is 3.66. The molecule has 1 amide bonds. The van der Waals surface area contributed by atoms with Gasteiger partial charge in [0.05, 0.1) is 5.75 Å². The van der Waals surface area contributed by atoms with Gasteiger partial charge in [0.2, 0.25) is 5.91 Å². The van der Waals surface area contributed by atoms with Crippen LogP contribution in [-0.2, 0) is 4.79 Å². The molecule has 1 fully saturated rings. The molecule has 0 saturated carbocycles. The third kappa shape index (κ3) is 3.51. The van der Waals surface area contributed by atoms with Gasteiger partial charge in [-0.05, 0) is 17.7 Å². The van der Waals surface area contributed by atoms with Gasteiger partial charge in [0, 0.05) is 29.9 Å². The van der Waals surface area contributed by atoms with E-state index < -0.39 is 0 Å². The highest BCUT2D eigenvalue weighted by molar-refractivity contribution is 8.00. The normalized spacial score (nSPS) is 21.0. The number of hydrogen-bond donors (Lipinski definition) is 1. The Hall–Kier alpha value is -1.78. The van der Waals surface area contributed by atoms with Gasteiger partial charge in [-0.2, -0.15) is 0 Å². The molecule has 2 N–H and O–H groups in total. The number of carbonyl (C=O) groups is 1. The van der Waals surface area contributed by atoms with E-state index in [1.807, 2.05) is 53.4 Å². The molecular formula is C18H20N2OS. The van der Waals surface area contributed by atoms with Crippen LogP contribution < -0.4 is 5.73 Å². The second-order valence-corrected chi connectivity index (χ2v) is 6.63. The standard InChI is InChI=1S/C18H20N2OS/c19-17-12-20(11-16(17)14-7-3-1-4-8-14)18(21)13-22-15-9-5-2-6-10-15/h1-10,16-17H,11-13,19H2/t16-,17+/m1/s1. The van der Waals surface area contributed by atoms with E-state index in [1.165, 1.54) is 5.56 Å². The van der Waals surface area contributed by atoms with Crippen LogP contribution in [0.15, 0.2) is 65.6 Å². The van der Waals surface area contributed by atoms with Gasteiger partial charge in [-0.3, -0.25) is 4.79 Å². The van der Waals surface area contributed by atoms with Crippen LogP contribution in [0, 0.1) is 0 Å². The van der Waals surface area contributed by atoms with E-state index in [2.05, 4.69) is 12.1 Å². The lowest BCUT2D eigenvalue weighted by atomic mass is 9.95. The molecule has 1 saturated heterocycles. The van der Waals surface area contributed by atoms with E-state index >= 15 is 0 Å². The van der Waals surface area contributed by atoms with Gasteiger partial charge in [-0.1, -0.05) is 48.5 Å². The van der Waals surface area contributed by atoms with Crippen molar-refractivity contribution in [3.05, 3.63) is 66.2 Å². The van der Waals surface area contributed by atoms with Crippen molar-refractivity contribution in [1.29, 1.82) is 0 Å². The molecule has 0 unspecified atom stereocenters. The van der Waals surface area contributed by atoms with E-state index in [0.717, 1.165) is 11.4 Å². The quantitative estimate of drug-likeness (QED) is 0.883. The lowest BCUT2D eigenvalue weighted by molar-refractivity contribution is -0.127. The summed E-state index contributed by atoms with van der Waals surface area (Å²) >= 11 is 1.58. The minimum Gasteiger partial charge on any atom is -0.340 e. The molecule has 0 spiro atoms. The third-order valence-electron chi connectivity index (χ3n) is 4.05. The van der Waals surface area contributed by atoms with Gasteiger partial charge in [0.1, 0.15) is 0 Å². The fraction of sp³-hybridized carbons (Fsp3) is 0.278. The van der Waals surface area contributed by atoms with E-state index in [9.17, 15) is 4.79 Å². The maximum Gasteiger partial charge on any atom is 0.233 e. The summed E-state index contributed by atoms with van der Waals surface area (Å²) in [7, 11) is 0. The highest BCUT2D eigenvalue weighted by Crippen LogP contribution is 2.27. The van der Waals surface area contributed by atoms with Crippen LogP contribution in [0.25, 0.3) is 0 Å². The molecule has 2 aromatic rings. The fourth-order valence-electron chi connectivity index (χ4n) is 2.84. The zero-order chi connectivity index (χ0) is 15.4. The zero-order valence-electron chi connectivity index (χ0n) is 12.4. The molecule has 0 radical (unpaired) electrons. The highest BCUT2D eigenvalue weighted by Gasteiger charge is 2.33. The lowest BCUT2D eigenvalue weighted by Gasteiger charge is -2.16. The van der Waals surface area contributed by atoms with Crippen molar-refractivity contribution in [1.82, 2.24) is 4.90 Å². The second kappa shape index (κ2) is 6.99. The average Bonchev–Trinajstić information content (AvgIpc) is 2.96. The Kier molecular flexibility index (Phi) is 4.80. The highest BCUT2D eigenvalue weighted by atomic mass is 32.2. The molecule has 3 rings (SSSR count). The number of carbonyl (C=O) groups excluding carboxylic acids is 1. The van der Waals surface area contributed by atoms with Gasteiger partial charge in [-0.15, -0.1) is 11.8 Å². The first-order chi connectivity index (χ1) is 10.7. The van der Waals surface area contributed by atoms with E-state index in [0.29, 0.717) is 12.3 Å².